The molecule has 0 radical (unpaired) electrons. The van der Waals surface area contributed by atoms with E-state index in [-0.39, 0.29) is 22.9 Å². The summed E-state index contributed by atoms with van der Waals surface area (Å²) in [6, 6.07) is 11.9. The third-order valence-corrected chi connectivity index (χ3v) is 7.60. The summed E-state index contributed by atoms with van der Waals surface area (Å²) < 4.78 is 40.7. The quantitative estimate of drug-likeness (QED) is 0.632. The molecule has 2 aromatic rings. The summed E-state index contributed by atoms with van der Waals surface area (Å²) in [5.41, 5.74) is 0.795. The Hall–Kier alpha value is -1.94. The van der Waals surface area contributed by atoms with Crippen molar-refractivity contribution in [2.45, 2.75) is 41.6 Å². The molecule has 0 saturated carbocycles. The summed E-state index contributed by atoms with van der Waals surface area (Å²) in [5.74, 6) is -0.559. The number of para-hydroxylation sites is 1. The molecule has 6 nitrogen and oxygen atoms in total. The minimum atomic E-state index is -3.70. The number of hydrogen-bond donors (Lipinski definition) is 2. The zero-order valence-corrected chi connectivity index (χ0v) is 18.6. The number of amides is 1. The number of carbonyl (C=O) groups is 1. The Bertz CT molecular complexity index is 975. The molecule has 162 valence electrons. The highest BCUT2D eigenvalue weighted by atomic mass is 32.2. The second-order valence-corrected chi connectivity index (χ2v) is 9.81. The molecule has 9 heteroatoms. The largest absolute Gasteiger partial charge is 0.324 e. The molecule has 2 aromatic carbocycles. The molecule has 1 saturated heterocycles. The normalized spacial score (nSPS) is 16.9. The SMILES string of the molecule is CSc1ccccc1NC(=O)C(C)N1CCC(NS(=O)(=O)c2ccc(F)cc2)CC1. The Labute approximate surface area is 181 Å². The van der Waals surface area contributed by atoms with Gasteiger partial charge in [-0.05, 0) is 62.4 Å². The number of rotatable bonds is 7. The number of likely N-dealkylation sites (tertiary alicyclic amines) is 1. The zero-order valence-electron chi connectivity index (χ0n) is 17.0. The highest BCUT2D eigenvalue weighted by Gasteiger charge is 2.29. The monoisotopic (exact) mass is 451 g/mol. The third-order valence-electron chi connectivity index (χ3n) is 5.27. The van der Waals surface area contributed by atoms with Gasteiger partial charge in [0.15, 0.2) is 0 Å². The average molecular weight is 452 g/mol. The van der Waals surface area contributed by atoms with E-state index < -0.39 is 15.8 Å². The van der Waals surface area contributed by atoms with Gasteiger partial charge in [-0.15, -0.1) is 11.8 Å². The zero-order chi connectivity index (χ0) is 21.7. The van der Waals surface area contributed by atoms with E-state index in [0.717, 1.165) is 22.7 Å². The van der Waals surface area contributed by atoms with Crippen molar-refractivity contribution in [2.75, 3.05) is 24.7 Å². The van der Waals surface area contributed by atoms with E-state index in [0.29, 0.717) is 25.9 Å². The minimum absolute atomic E-state index is 0.0477. The molecular weight excluding hydrogens is 425 g/mol. The van der Waals surface area contributed by atoms with Crippen molar-refractivity contribution in [3.05, 3.63) is 54.3 Å². The lowest BCUT2D eigenvalue weighted by atomic mass is 10.0. The van der Waals surface area contributed by atoms with E-state index in [1.54, 1.807) is 11.8 Å². The molecule has 0 spiro atoms. The Morgan fingerprint density at radius 1 is 1.13 bits per heavy atom. The summed E-state index contributed by atoms with van der Waals surface area (Å²) in [6.45, 7) is 3.07. The van der Waals surface area contributed by atoms with Crippen molar-refractivity contribution in [1.82, 2.24) is 9.62 Å². The fraction of sp³-hybridized carbons (Fsp3) is 0.381. The Kier molecular flexibility index (Phi) is 7.51. The van der Waals surface area contributed by atoms with Gasteiger partial charge in [0, 0.05) is 24.0 Å². The fourth-order valence-electron chi connectivity index (χ4n) is 3.46. The Morgan fingerprint density at radius 3 is 2.40 bits per heavy atom. The van der Waals surface area contributed by atoms with Gasteiger partial charge in [-0.3, -0.25) is 9.69 Å². The molecule has 0 bridgehead atoms. The van der Waals surface area contributed by atoms with Gasteiger partial charge in [0.1, 0.15) is 5.82 Å². The number of carbonyl (C=O) groups excluding carboxylic acids is 1. The van der Waals surface area contributed by atoms with Crippen LogP contribution in [0, 0.1) is 5.82 Å². The first-order chi connectivity index (χ1) is 14.3. The van der Waals surface area contributed by atoms with Crippen LogP contribution in [0.25, 0.3) is 0 Å². The van der Waals surface area contributed by atoms with Crippen molar-refractivity contribution < 1.29 is 17.6 Å². The number of sulfonamides is 1. The fourth-order valence-corrected chi connectivity index (χ4v) is 5.32. The van der Waals surface area contributed by atoms with Crippen molar-refractivity contribution in [3.63, 3.8) is 0 Å². The highest BCUT2D eigenvalue weighted by molar-refractivity contribution is 7.98. The van der Waals surface area contributed by atoms with Crippen LogP contribution in [0.4, 0.5) is 10.1 Å². The van der Waals surface area contributed by atoms with Gasteiger partial charge in [0.05, 0.1) is 16.6 Å². The van der Waals surface area contributed by atoms with Gasteiger partial charge < -0.3 is 5.32 Å². The van der Waals surface area contributed by atoms with Crippen LogP contribution in [0.15, 0.2) is 58.3 Å². The number of benzene rings is 2. The van der Waals surface area contributed by atoms with Crippen molar-refractivity contribution in [2.24, 2.45) is 0 Å². The van der Waals surface area contributed by atoms with Gasteiger partial charge in [0.2, 0.25) is 15.9 Å². The maximum atomic E-state index is 13.0. The molecule has 1 aliphatic rings. The van der Waals surface area contributed by atoms with Crippen LogP contribution in [0.2, 0.25) is 0 Å². The topological polar surface area (TPSA) is 78.5 Å². The maximum absolute atomic E-state index is 13.0. The number of thioether (sulfide) groups is 1. The summed E-state index contributed by atoms with van der Waals surface area (Å²) in [6.07, 6.45) is 3.16. The molecule has 1 atom stereocenters. The van der Waals surface area contributed by atoms with Crippen LogP contribution in [0.1, 0.15) is 19.8 Å². The van der Waals surface area contributed by atoms with Gasteiger partial charge in [0.25, 0.3) is 0 Å². The van der Waals surface area contributed by atoms with Crippen molar-refractivity contribution >= 4 is 33.4 Å². The molecule has 1 fully saturated rings. The Balaban J connectivity index is 1.54. The third kappa shape index (κ3) is 5.60. The van der Waals surface area contributed by atoms with Crippen LogP contribution in [0.5, 0.6) is 0 Å². The summed E-state index contributed by atoms with van der Waals surface area (Å²) in [4.78, 5) is 15.8. The molecule has 1 amide bonds. The first-order valence-corrected chi connectivity index (χ1v) is 12.5. The molecular formula is C21H26FN3O3S2. The highest BCUT2D eigenvalue weighted by Crippen LogP contribution is 2.25. The summed E-state index contributed by atoms with van der Waals surface area (Å²) in [5, 5.41) is 2.99. The molecule has 1 aliphatic heterocycles. The lowest BCUT2D eigenvalue weighted by Crippen LogP contribution is -2.50. The van der Waals surface area contributed by atoms with Crippen molar-refractivity contribution in [1.29, 1.82) is 0 Å². The van der Waals surface area contributed by atoms with Crippen LogP contribution in [-0.2, 0) is 14.8 Å². The van der Waals surface area contributed by atoms with E-state index in [2.05, 4.69) is 14.9 Å². The first kappa shape index (κ1) is 22.7. The van der Waals surface area contributed by atoms with Crippen LogP contribution in [-0.4, -0.2) is 50.7 Å². The predicted molar refractivity (Wildman–Crippen MR) is 118 cm³/mol. The summed E-state index contributed by atoms with van der Waals surface area (Å²) in [7, 11) is -3.70. The molecule has 2 N–H and O–H groups in total. The Morgan fingerprint density at radius 2 is 1.77 bits per heavy atom. The lowest BCUT2D eigenvalue weighted by Gasteiger charge is -2.35. The molecule has 3 rings (SSSR count). The van der Waals surface area contributed by atoms with Crippen LogP contribution in [0.3, 0.4) is 0 Å². The molecule has 1 heterocycles. The van der Waals surface area contributed by atoms with Crippen molar-refractivity contribution in [3.8, 4) is 0 Å². The molecule has 0 aromatic heterocycles. The van der Waals surface area contributed by atoms with Gasteiger partial charge >= 0.3 is 0 Å². The van der Waals surface area contributed by atoms with Gasteiger partial charge in [-0.2, -0.15) is 0 Å². The molecule has 0 aliphatic carbocycles. The standard InChI is InChI=1S/C21H26FN3O3S2/c1-15(21(26)23-19-5-3-4-6-20(19)29-2)25-13-11-17(12-14-25)24-30(27,28)18-9-7-16(22)8-10-18/h3-10,15,17,24H,11-14H2,1-2H3,(H,23,26). The molecule has 1 unspecified atom stereocenters. The van der Waals surface area contributed by atoms with Gasteiger partial charge in [-0.1, -0.05) is 12.1 Å². The van der Waals surface area contributed by atoms with E-state index in [1.165, 1.54) is 12.1 Å². The predicted octanol–water partition coefficient (Wildman–Crippen LogP) is 3.32. The second kappa shape index (κ2) is 9.91. The van der Waals surface area contributed by atoms with Crippen LogP contribution < -0.4 is 10.0 Å². The number of nitrogens with one attached hydrogen (secondary N) is 2. The van der Waals surface area contributed by atoms with E-state index in [4.69, 9.17) is 0 Å². The van der Waals surface area contributed by atoms with E-state index in [9.17, 15) is 17.6 Å². The van der Waals surface area contributed by atoms with Gasteiger partial charge in [-0.25, -0.2) is 17.5 Å². The first-order valence-electron chi connectivity index (χ1n) is 9.76. The van der Waals surface area contributed by atoms with E-state index >= 15 is 0 Å². The minimum Gasteiger partial charge on any atom is -0.324 e. The number of halogens is 1. The van der Waals surface area contributed by atoms with Crippen LogP contribution >= 0.6 is 11.8 Å². The lowest BCUT2D eigenvalue weighted by molar-refractivity contribution is -0.121. The maximum Gasteiger partial charge on any atom is 0.241 e. The number of anilines is 1. The number of piperidine rings is 1. The number of hydrogen-bond acceptors (Lipinski definition) is 5. The average Bonchev–Trinajstić information content (AvgIpc) is 2.74. The summed E-state index contributed by atoms with van der Waals surface area (Å²) >= 11 is 1.57. The van der Waals surface area contributed by atoms with E-state index in [1.807, 2.05) is 37.4 Å². The second-order valence-electron chi connectivity index (χ2n) is 7.25. The smallest absolute Gasteiger partial charge is 0.241 e. The number of nitrogens with zero attached hydrogens (tertiary/aromatic N) is 1. The molecule has 30 heavy (non-hydrogen) atoms.